The van der Waals surface area contributed by atoms with Crippen molar-refractivity contribution in [1.82, 2.24) is 0 Å². The molecule has 23 heavy (non-hydrogen) atoms. The van der Waals surface area contributed by atoms with Crippen LogP contribution in [0.1, 0.15) is 23.7 Å². The number of carboxylic acids is 2. The van der Waals surface area contributed by atoms with Crippen LogP contribution in [-0.2, 0) is 9.59 Å². The molecule has 0 spiro atoms. The van der Waals surface area contributed by atoms with E-state index in [1.807, 2.05) is 18.2 Å². The van der Waals surface area contributed by atoms with E-state index in [0.29, 0.717) is 10.9 Å². The molecule has 1 atom stereocenters. The van der Waals surface area contributed by atoms with Crippen LogP contribution in [-0.4, -0.2) is 17.7 Å². The predicted molar refractivity (Wildman–Crippen MR) is 80.2 cm³/mol. The number of carbonyl (C=O) groups excluding carboxylic acids is 3. The lowest BCUT2D eigenvalue weighted by atomic mass is 9.77. The summed E-state index contributed by atoms with van der Waals surface area (Å²) < 4.78 is 0. The Morgan fingerprint density at radius 1 is 1.04 bits per heavy atom. The molecule has 0 N–H and O–H groups in total. The van der Waals surface area contributed by atoms with Gasteiger partial charge >= 0.3 is 0 Å². The lowest BCUT2D eigenvalue weighted by molar-refractivity contribution is -0.320. The molecule has 0 aliphatic rings. The average Bonchev–Trinajstić information content (AvgIpc) is 2.52. The Labute approximate surface area is 132 Å². The number of carboxylic acid groups (broad SMARTS) is 2. The SMILES string of the molecule is C=C(C(=O)[O-])C(C)(CC(=O)c1cccc2ccccc12)C(=O)[O-]. The zero-order valence-corrected chi connectivity index (χ0v) is 12.5. The second-order valence-corrected chi connectivity index (χ2v) is 5.51. The van der Waals surface area contributed by atoms with Crippen molar-refractivity contribution in [2.45, 2.75) is 13.3 Å². The third-order valence-electron chi connectivity index (χ3n) is 3.97. The van der Waals surface area contributed by atoms with Gasteiger partial charge < -0.3 is 19.8 Å². The summed E-state index contributed by atoms with van der Waals surface area (Å²) in [6.07, 6.45) is -0.573. The largest absolute Gasteiger partial charge is 0.549 e. The third-order valence-corrected chi connectivity index (χ3v) is 3.97. The Morgan fingerprint density at radius 2 is 1.65 bits per heavy atom. The second kappa shape index (κ2) is 6.04. The van der Waals surface area contributed by atoms with Crippen LogP contribution in [0.4, 0.5) is 0 Å². The molecular formula is C18H14O5-2. The number of benzene rings is 2. The molecule has 0 fully saturated rings. The number of ketones is 1. The molecule has 0 saturated heterocycles. The Kier molecular flexibility index (Phi) is 4.31. The van der Waals surface area contributed by atoms with Crippen molar-refractivity contribution in [3.05, 3.63) is 60.2 Å². The molecule has 0 amide bonds. The molecule has 0 saturated carbocycles. The van der Waals surface area contributed by atoms with E-state index in [-0.39, 0.29) is 0 Å². The molecule has 1 unspecified atom stereocenters. The van der Waals surface area contributed by atoms with E-state index in [0.717, 1.165) is 12.3 Å². The van der Waals surface area contributed by atoms with E-state index in [9.17, 15) is 24.6 Å². The van der Waals surface area contributed by atoms with Crippen LogP contribution in [0.5, 0.6) is 0 Å². The van der Waals surface area contributed by atoms with Crippen molar-refractivity contribution in [1.29, 1.82) is 0 Å². The fourth-order valence-electron chi connectivity index (χ4n) is 2.41. The average molecular weight is 310 g/mol. The number of carbonyl (C=O) groups is 3. The van der Waals surface area contributed by atoms with Crippen molar-refractivity contribution in [3.8, 4) is 0 Å². The number of fused-ring (bicyclic) bond motifs is 1. The summed E-state index contributed by atoms with van der Waals surface area (Å²) in [5, 5.41) is 23.8. The smallest absolute Gasteiger partial charge is 0.164 e. The molecule has 0 aliphatic heterocycles. The molecular weight excluding hydrogens is 296 g/mol. The van der Waals surface area contributed by atoms with Gasteiger partial charge in [0.15, 0.2) is 5.78 Å². The molecule has 0 radical (unpaired) electrons. The van der Waals surface area contributed by atoms with Crippen LogP contribution >= 0.6 is 0 Å². The first-order valence-corrected chi connectivity index (χ1v) is 6.90. The summed E-state index contributed by atoms with van der Waals surface area (Å²) >= 11 is 0. The van der Waals surface area contributed by atoms with E-state index in [1.165, 1.54) is 0 Å². The normalized spacial score (nSPS) is 13.3. The summed E-state index contributed by atoms with van der Waals surface area (Å²) in [5.41, 5.74) is -2.40. The molecule has 5 nitrogen and oxygen atoms in total. The molecule has 0 heterocycles. The van der Waals surface area contributed by atoms with Crippen molar-refractivity contribution in [2.24, 2.45) is 5.41 Å². The van der Waals surface area contributed by atoms with Crippen LogP contribution in [0.15, 0.2) is 54.6 Å². The van der Waals surface area contributed by atoms with Gasteiger partial charge in [-0.1, -0.05) is 49.0 Å². The minimum absolute atomic E-state index is 0.321. The summed E-state index contributed by atoms with van der Waals surface area (Å²) in [5.74, 6) is -3.90. The molecule has 0 aliphatic carbocycles. The maximum atomic E-state index is 12.6. The minimum Gasteiger partial charge on any atom is -0.549 e. The molecule has 2 aromatic carbocycles. The topological polar surface area (TPSA) is 97.3 Å². The zero-order chi connectivity index (χ0) is 17.2. The number of hydrogen-bond acceptors (Lipinski definition) is 5. The first-order valence-electron chi connectivity index (χ1n) is 6.90. The van der Waals surface area contributed by atoms with Crippen molar-refractivity contribution < 1.29 is 24.6 Å². The summed E-state index contributed by atoms with van der Waals surface area (Å²) in [6, 6.07) is 12.2. The van der Waals surface area contributed by atoms with E-state index in [4.69, 9.17) is 0 Å². The number of hydrogen-bond donors (Lipinski definition) is 0. The minimum atomic E-state index is -2.03. The molecule has 2 aromatic rings. The van der Waals surface area contributed by atoms with Gasteiger partial charge in [-0.25, -0.2) is 0 Å². The second-order valence-electron chi connectivity index (χ2n) is 5.51. The van der Waals surface area contributed by atoms with E-state index in [2.05, 4.69) is 6.58 Å². The van der Waals surface area contributed by atoms with Gasteiger partial charge in [-0.05, 0) is 23.3 Å². The fraction of sp³-hybridized carbons (Fsp3) is 0.167. The highest BCUT2D eigenvalue weighted by Crippen LogP contribution is 2.32. The van der Waals surface area contributed by atoms with Gasteiger partial charge in [0.2, 0.25) is 0 Å². The fourth-order valence-corrected chi connectivity index (χ4v) is 2.41. The summed E-state index contributed by atoms with van der Waals surface area (Å²) in [6.45, 7) is 4.32. The lowest BCUT2D eigenvalue weighted by Gasteiger charge is -2.32. The number of Topliss-reactive ketones (excluding diaryl/α,β-unsaturated/α-hetero) is 1. The van der Waals surface area contributed by atoms with E-state index >= 15 is 0 Å². The number of rotatable bonds is 6. The van der Waals surface area contributed by atoms with Gasteiger partial charge in [-0.15, -0.1) is 0 Å². The quantitative estimate of drug-likeness (QED) is 0.571. The van der Waals surface area contributed by atoms with Crippen LogP contribution in [0.25, 0.3) is 10.8 Å². The van der Waals surface area contributed by atoms with Gasteiger partial charge in [-0.3, -0.25) is 4.79 Å². The first kappa shape index (κ1) is 16.4. The van der Waals surface area contributed by atoms with Gasteiger partial charge in [0.1, 0.15) is 0 Å². The monoisotopic (exact) mass is 310 g/mol. The molecule has 5 heteroatoms. The van der Waals surface area contributed by atoms with Gasteiger partial charge in [-0.2, -0.15) is 0 Å². The first-order chi connectivity index (χ1) is 10.8. The van der Waals surface area contributed by atoms with Crippen LogP contribution < -0.4 is 10.2 Å². The van der Waals surface area contributed by atoms with Crippen LogP contribution in [0, 0.1) is 5.41 Å². The zero-order valence-electron chi connectivity index (χ0n) is 12.5. The highest BCUT2D eigenvalue weighted by atomic mass is 16.4. The number of aliphatic carboxylic acids is 2. The molecule has 118 valence electrons. The van der Waals surface area contributed by atoms with Gasteiger partial charge in [0.25, 0.3) is 0 Å². The highest BCUT2D eigenvalue weighted by molar-refractivity contribution is 6.10. The summed E-state index contributed by atoms with van der Waals surface area (Å²) in [7, 11) is 0. The Morgan fingerprint density at radius 3 is 2.26 bits per heavy atom. The Hall–Kier alpha value is -2.95. The molecule has 2 rings (SSSR count). The van der Waals surface area contributed by atoms with Gasteiger partial charge in [0, 0.05) is 17.4 Å². The van der Waals surface area contributed by atoms with E-state index in [1.54, 1.807) is 24.3 Å². The van der Waals surface area contributed by atoms with Crippen molar-refractivity contribution in [2.75, 3.05) is 0 Å². The third kappa shape index (κ3) is 2.99. The lowest BCUT2D eigenvalue weighted by Crippen LogP contribution is -2.47. The maximum absolute atomic E-state index is 12.6. The maximum Gasteiger partial charge on any atom is 0.164 e. The predicted octanol–water partition coefficient (Wildman–Crippen LogP) is 0.475. The highest BCUT2D eigenvalue weighted by Gasteiger charge is 2.33. The van der Waals surface area contributed by atoms with Gasteiger partial charge in [0.05, 0.1) is 11.9 Å². The van der Waals surface area contributed by atoms with Crippen molar-refractivity contribution in [3.63, 3.8) is 0 Å². The van der Waals surface area contributed by atoms with Crippen molar-refractivity contribution >= 4 is 28.5 Å². The Bertz CT molecular complexity index is 816. The molecule has 0 aromatic heterocycles. The van der Waals surface area contributed by atoms with Crippen LogP contribution in [0.2, 0.25) is 0 Å². The van der Waals surface area contributed by atoms with Crippen LogP contribution in [0.3, 0.4) is 0 Å². The standard InChI is InChI=1S/C18H16O5/c1-11(16(20)21)18(2,17(22)23)10-15(19)14-9-5-7-12-6-3-4-8-13(12)14/h3-9H,1,10H2,2H3,(H,20,21)(H,22,23)/p-2. The summed E-state index contributed by atoms with van der Waals surface area (Å²) in [4.78, 5) is 34.9. The Balaban J connectivity index is 2.45. The molecule has 0 bridgehead atoms. The van der Waals surface area contributed by atoms with E-state index < -0.39 is 35.1 Å².